The molecule has 0 radical (unpaired) electrons. The molecule has 98 valence electrons. The van der Waals surface area contributed by atoms with Crippen LogP contribution in [0.25, 0.3) is 0 Å². The third kappa shape index (κ3) is 5.84. The molecule has 0 saturated carbocycles. The Morgan fingerprint density at radius 2 is 2.24 bits per heavy atom. The highest BCUT2D eigenvalue weighted by Crippen LogP contribution is 2.02. The third-order valence-electron chi connectivity index (χ3n) is 2.63. The zero-order valence-corrected chi connectivity index (χ0v) is 11.2. The Morgan fingerprint density at radius 1 is 1.47 bits per heavy atom. The molecular formula is C13H25N3O. The first-order valence-corrected chi connectivity index (χ1v) is 6.45. The highest BCUT2D eigenvalue weighted by atomic mass is 16.5. The van der Waals surface area contributed by atoms with E-state index in [4.69, 9.17) is 10.5 Å². The smallest absolute Gasteiger partial charge is 0.0950 e. The van der Waals surface area contributed by atoms with Crippen LogP contribution in [0.5, 0.6) is 0 Å². The summed E-state index contributed by atoms with van der Waals surface area (Å²) in [6.07, 6.45) is 5.77. The maximum atomic E-state index is 5.90. The monoisotopic (exact) mass is 239 g/mol. The highest BCUT2D eigenvalue weighted by Gasteiger charge is 2.04. The summed E-state index contributed by atoms with van der Waals surface area (Å²) in [7, 11) is 0. The quantitative estimate of drug-likeness (QED) is 0.704. The molecule has 1 aromatic heterocycles. The maximum absolute atomic E-state index is 5.90. The molecule has 0 amide bonds. The van der Waals surface area contributed by atoms with E-state index in [1.807, 2.05) is 6.33 Å². The van der Waals surface area contributed by atoms with Gasteiger partial charge >= 0.3 is 0 Å². The largest absolute Gasteiger partial charge is 0.379 e. The fraction of sp³-hybridized carbons (Fsp3) is 0.769. The van der Waals surface area contributed by atoms with Crippen molar-refractivity contribution < 1.29 is 4.74 Å². The van der Waals surface area contributed by atoms with Gasteiger partial charge in [0.05, 0.1) is 18.6 Å². The average Bonchev–Trinajstić information content (AvgIpc) is 2.72. The van der Waals surface area contributed by atoms with E-state index in [9.17, 15) is 0 Å². The van der Waals surface area contributed by atoms with E-state index in [0.717, 1.165) is 38.3 Å². The second kappa shape index (κ2) is 7.45. The van der Waals surface area contributed by atoms with Crippen LogP contribution in [-0.2, 0) is 17.7 Å². The van der Waals surface area contributed by atoms with Crippen molar-refractivity contribution in [3.63, 3.8) is 0 Å². The molecule has 2 N–H and O–H groups in total. The Morgan fingerprint density at radius 3 is 2.88 bits per heavy atom. The number of ether oxygens (including phenoxy) is 1. The lowest BCUT2D eigenvalue weighted by Crippen LogP contribution is -2.21. The van der Waals surface area contributed by atoms with E-state index in [-0.39, 0.29) is 6.04 Å². The van der Waals surface area contributed by atoms with Crippen molar-refractivity contribution in [2.24, 2.45) is 11.7 Å². The molecule has 0 aliphatic heterocycles. The summed E-state index contributed by atoms with van der Waals surface area (Å²) in [6.45, 7) is 8.83. The van der Waals surface area contributed by atoms with Gasteiger partial charge < -0.3 is 15.0 Å². The first-order valence-electron chi connectivity index (χ1n) is 6.45. The topological polar surface area (TPSA) is 53.1 Å². The zero-order chi connectivity index (χ0) is 12.7. The fourth-order valence-electron chi connectivity index (χ4n) is 1.54. The summed E-state index contributed by atoms with van der Waals surface area (Å²) in [6, 6.07) is 0.218. The minimum absolute atomic E-state index is 0.218. The van der Waals surface area contributed by atoms with Crippen molar-refractivity contribution in [3.05, 3.63) is 18.2 Å². The minimum Gasteiger partial charge on any atom is -0.379 e. The molecular weight excluding hydrogens is 214 g/mol. The van der Waals surface area contributed by atoms with Gasteiger partial charge in [-0.3, -0.25) is 0 Å². The van der Waals surface area contributed by atoms with E-state index in [2.05, 4.69) is 36.5 Å². The minimum atomic E-state index is 0.218. The summed E-state index contributed by atoms with van der Waals surface area (Å²) in [5, 5.41) is 0. The summed E-state index contributed by atoms with van der Waals surface area (Å²) in [5.74, 6) is 0.593. The third-order valence-corrected chi connectivity index (χ3v) is 2.63. The van der Waals surface area contributed by atoms with Crippen LogP contribution < -0.4 is 5.73 Å². The number of imidazole rings is 1. The fourth-order valence-corrected chi connectivity index (χ4v) is 1.54. The molecule has 0 spiro atoms. The van der Waals surface area contributed by atoms with Crippen molar-refractivity contribution >= 4 is 0 Å². The van der Waals surface area contributed by atoms with Crippen molar-refractivity contribution in [3.8, 4) is 0 Å². The van der Waals surface area contributed by atoms with Crippen LogP contribution in [0.3, 0.4) is 0 Å². The van der Waals surface area contributed by atoms with Crippen molar-refractivity contribution in [2.75, 3.05) is 13.2 Å². The highest BCUT2D eigenvalue weighted by molar-refractivity contribution is 4.99. The van der Waals surface area contributed by atoms with E-state index < -0.39 is 0 Å². The van der Waals surface area contributed by atoms with Gasteiger partial charge in [0.2, 0.25) is 0 Å². The second-order valence-corrected chi connectivity index (χ2v) is 4.94. The van der Waals surface area contributed by atoms with E-state index in [1.54, 1.807) is 0 Å². The van der Waals surface area contributed by atoms with Gasteiger partial charge in [-0.05, 0) is 12.3 Å². The molecule has 0 aliphatic carbocycles. The zero-order valence-electron chi connectivity index (χ0n) is 11.2. The number of aromatic nitrogens is 2. The number of nitrogens with two attached hydrogens (primary N) is 1. The Hall–Kier alpha value is -0.870. The average molecular weight is 239 g/mol. The normalized spacial score (nSPS) is 13.2. The number of rotatable bonds is 8. The maximum Gasteiger partial charge on any atom is 0.0950 e. The molecule has 4 heteroatoms. The van der Waals surface area contributed by atoms with Crippen LogP contribution >= 0.6 is 0 Å². The Labute approximate surface area is 104 Å². The molecule has 17 heavy (non-hydrogen) atoms. The summed E-state index contributed by atoms with van der Waals surface area (Å²) < 4.78 is 7.60. The van der Waals surface area contributed by atoms with Crippen LogP contribution in [0.15, 0.2) is 12.5 Å². The summed E-state index contributed by atoms with van der Waals surface area (Å²) in [5.41, 5.74) is 6.97. The van der Waals surface area contributed by atoms with Gasteiger partial charge in [0.1, 0.15) is 0 Å². The van der Waals surface area contributed by atoms with E-state index in [1.165, 1.54) is 0 Å². The lowest BCUT2D eigenvalue weighted by atomic mass is 10.1. The summed E-state index contributed by atoms with van der Waals surface area (Å²) >= 11 is 0. The van der Waals surface area contributed by atoms with Crippen LogP contribution in [-0.4, -0.2) is 28.8 Å². The van der Waals surface area contributed by atoms with Crippen LogP contribution in [0, 0.1) is 5.92 Å². The van der Waals surface area contributed by atoms with Gasteiger partial charge in [-0.25, -0.2) is 4.98 Å². The van der Waals surface area contributed by atoms with E-state index in [0.29, 0.717) is 5.92 Å². The van der Waals surface area contributed by atoms with Gasteiger partial charge in [0.25, 0.3) is 0 Å². The Bertz CT molecular complexity index is 309. The van der Waals surface area contributed by atoms with Gasteiger partial charge in [-0.2, -0.15) is 0 Å². The van der Waals surface area contributed by atoms with Gasteiger partial charge in [-0.1, -0.05) is 20.8 Å². The molecule has 1 aromatic rings. The molecule has 0 saturated heterocycles. The molecule has 4 nitrogen and oxygen atoms in total. The second-order valence-electron chi connectivity index (χ2n) is 4.94. The predicted molar refractivity (Wildman–Crippen MR) is 69.9 cm³/mol. The first-order chi connectivity index (χ1) is 8.11. The number of hydrogen-bond donors (Lipinski definition) is 1. The molecule has 0 bridgehead atoms. The lowest BCUT2D eigenvalue weighted by Gasteiger charge is -2.07. The van der Waals surface area contributed by atoms with E-state index >= 15 is 0 Å². The van der Waals surface area contributed by atoms with Gasteiger partial charge in [0.15, 0.2) is 0 Å². The molecule has 0 fully saturated rings. The Balaban J connectivity index is 2.26. The number of nitrogens with zero attached hydrogens (tertiary/aromatic N) is 2. The van der Waals surface area contributed by atoms with Crippen molar-refractivity contribution in [1.29, 1.82) is 0 Å². The molecule has 1 atom stereocenters. The molecule has 0 aromatic carbocycles. The SMILES string of the molecule is CCC(N)Cc1cn(CCOCC(C)C)cn1. The van der Waals surface area contributed by atoms with Crippen molar-refractivity contribution in [1.82, 2.24) is 9.55 Å². The molecule has 1 heterocycles. The first kappa shape index (κ1) is 14.2. The molecule has 0 aliphatic rings. The molecule has 1 unspecified atom stereocenters. The van der Waals surface area contributed by atoms with Crippen LogP contribution in [0.1, 0.15) is 32.9 Å². The standard InChI is InChI=1S/C13H25N3O/c1-4-12(14)7-13-8-16(10-15-13)5-6-17-9-11(2)3/h8,10-12H,4-7,9,14H2,1-3H3. The van der Waals surface area contributed by atoms with Gasteiger partial charge in [0, 0.05) is 31.8 Å². The predicted octanol–water partition coefficient (Wildman–Crippen LogP) is 1.84. The lowest BCUT2D eigenvalue weighted by molar-refractivity contribution is 0.103. The summed E-state index contributed by atoms with van der Waals surface area (Å²) in [4.78, 5) is 4.35. The number of hydrogen-bond acceptors (Lipinski definition) is 3. The van der Waals surface area contributed by atoms with Gasteiger partial charge in [-0.15, -0.1) is 0 Å². The van der Waals surface area contributed by atoms with Crippen molar-refractivity contribution in [2.45, 2.75) is 46.2 Å². The van der Waals surface area contributed by atoms with Crippen LogP contribution in [0.2, 0.25) is 0 Å². The molecule has 1 rings (SSSR count). The Kier molecular flexibility index (Phi) is 6.22. The van der Waals surface area contributed by atoms with Crippen LogP contribution in [0.4, 0.5) is 0 Å².